The second-order valence-electron chi connectivity index (χ2n) is 15.7. The monoisotopic (exact) mass is 869 g/mol. The molecule has 2 N–H and O–H groups in total. The van der Waals surface area contributed by atoms with Crippen LogP contribution in [0.2, 0.25) is 0 Å². The summed E-state index contributed by atoms with van der Waals surface area (Å²) in [6, 6.07) is 5.83. The van der Waals surface area contributed by atoms with Gasteiger partial charge in [0.05, 0.1) is 28.6 Å². The largest absolute Gasteiger partial charge is 0.508 e. The highest BCUT2D eigenvalue weighted by atomic mass is 32.5. The van der Waals surface area contributed by atoms with Gasteiger partial charge < -0.3 is 19.6 Å². The first-order chi connectivity index (χ1) is 28.8. The van der Waals surface area contributed by atoms with Crippen LogP contribution in [0.15, 0.2) is 59.6 Å². The summed E-state index contributed by atoms with van der Waals surface area (Å²) in [5.41, 5.74) is -1.62. The summed E-state index contributed by atoms with van der Waals surface area (Å²) in [5, 5.41) is 19.9. The van der Waals surface area contributed by atoms with Gasteiger partial charge in [0, 0.05) is 35.8 Å². The zero-order valence-corrected chi connectivity index (χ0v) is 34.0. The van der Waals surface area contributed by atoms with Crippen molar-refractivity contribution in [3.8, 4) is 35.4 Å². The second kappa shape index (κ2) is 14.5. The third kappa shape index (κ3) is 7.45. The van der Waals surface area contributed by atoms with Crippen LogP contribution in [-0.2, 0) is 4.79 Å². The maximum Gasteiger partial charge on any atom is 0.319 e. The summed E-state index contributed by atoms with van der Waals surface area (Å²) in [7, 11) is -9.96. The highest BCUT2D eigenvalue weighted by Gasteiger charge is 2.65. The average Bonchev–Trinajstić information content (AvgIpc) is 3.89. The van der Waals surface area contributed by atoms with Gasteiger partial charge in [-0.25, -0.2) is 8.78 Å². The molecule has 0 saturated carbocycles. The summed E-state index contributed by atoms with van der Waals surface area (Å²) >= 11 is 0. The molecule has 4 saturated heterocycles. The summed E-state index contributed by atoms with van der Waals surface area (Å²) in [6.07, 6.45) is 11.9. The van der Waals surface area contributed by atoms with Gasteiger partial charge >= 0.3 is 16.2 Å². The number of carbonyl (C=O) groups excluding carboxylic acids is 1. The van der Waals surface area contributed by atoms with E-state index >= 15 is 4.39 Å². The van der Waals surface area contributed by atoms with Gasteiger partial charge in [-0.15, -0.1) is 6.42 Å². The Morgan fingerprint density at radius 1 is 0.984 bits per heavy atom. The van der Waals surface area contributed by atoms with Gasteiger partial charge in [0.2, 0.25) is 0 Å². The maximum atomic E-state index is 17.1. The number of nitrogens with one attached hydrogen (secondary N) is 1. The lowest BCUT2D eigenvalue weighted by Crippen LogP contribution is -2.57. The molecular weight excluding hydrogens is 828 g/mol. The molecule has 2 aromatic heterocycles. The Bertz CT molecular complexity index is 2640. The predicted molar refractivity (Wildman–Crippen MR) is 220 cm³/mol. The number of terminal acetylenes is 1. The molecule has 1 amide bonds. The molecule has 0 radical (unpaired) electrons. The van der Waals surface area contributed by atoms with Crippen molar-refractivity contribution in [1.29, 1.82) is 5.41 Å². The van der Waals surface area contributed by atoms with Crippen LogP contribution in [0.25, 0.3) is 32.9 Å². The molecule has 322 valence electrons. The number of nitrogens with zero attached hydrogens (tertiary/aromatic N) is 6. The lowest BCUT2D eigenvalue weighted by Gasteiger charge is -2.42. The van der Waals surface area contributed by atoms with Gasteiger partial charge in [-0.2, -0.15) is 9.97 Å². The molecule has 4 aliphatic rings. The van der Waals surface area contributed by atoms with Crippen molar-refractivity contribution in [3.05, 3.63) is 77.5 Å². The minimum Gasteiger partial charge on any atom is -0.508 e. The third-order valence-electron chi connectivity index (χ3n) is 12.2. The quantitative estimate of drug-likeness (QED) is 0.0900. The maximum absolute atomic E-state index is 17.1. The third-order valence-corrected chi connectivity index (χ3v) is 13.4. The normalized spacial score (nSPS) is 20.7. The number of aromatic nitrogens is 3. The van der Waals surface area contributed by atoms with Crippen molar-refractivity contribution < 1.29 is 42.8 Å². The van der Waals surface area contributed by atoms with E-state index in [0.717, 1.165) is 44.8 Å². The minimum absolute atomic E-state index is 0.0387. The minimum atomic E-state index is -9.96. The molecule has 3 aromatic carbocycles. The molecule has 18 heteroatoms. The van der Waals surface area contributed by atoms with Crippen molar-refractivity contribution in [2.24, 2.45) is 0 Å². The van der Waals surface area contributed by atoms with Crippen LogP contribution in [0.5, 0.6) is 11.8 Å². The van der Waals surface area contributed by atoms with Crippen molar-refractivity contribution >= 4 is 49.3 Å². The lowest BCUT2D eigenvalue weighted by atomic mass is 9.95. The first-order valence-electron chi connectivity index (χ1n) is 20.0. The van der Waals surface area contributed by atoms with Crippen molar-refractivity contribution in [2.45, 2.75) is 74.9 Å². The Balaban J connectivity index is 0.00000253. The van der Waals surface area contributed by atoms with E-state index < -0.39 is 50.5 Å². The van der Waals surface area contributed by atoms with Crippen LogP contribution >= 0.6 is 10.2 Å². The number of anilines is 1. The average molecular weight is 870 g/mol. The number of piperazine rings is 1. The zero-order chi connectivity index (χ0) is 43.7. The van der Waals surface area contributed by atoms with Gasteiger partial charge in [0.15, 0.2) is 5.82 Å². The number of phenols is 1. The molecule has 2 bridgehead atoms. The molecule has 10 nitrogen and oxygen atoms in total. The number of phenolic OH excluding ortho intramolecular Hbond substituents is 1. The van der Waals surface area contributed by atoms with Gasteiger partial charge in [-0.05, 0) is 87.3 Å². The van der Waals surface area contributed by atoms with Crippen LogP contribution in [0, 0.1) is 29.4 Å². The van der Waals surface area contributed by atoms with E-state index in [9.17, 15) is 33.7 Å². The Kier molecular flexibility index (Phi) is 9.97. The first-order valence-corrected chi connectivity index (χ1v) is 22.0. The molecule has 4 fully saturated rings. The van der Waals surface area contributed by atoms with E-state index in [1.807, 2.05) is 18.7 Å². The number of amides is 1. The van der Waals surface area contributed by atoms with E-state index in [4.69, 9.17) is 21.6 Å². The molecule has 9 rings (SSSR count). The van der Waals surface area contributed by atoms with Crippen LogP contribution in [0.3, 0.4) is 0 Å². The zero-order valence-electron chi connectivity index (χ0n) is 33.2. The fraction of sp³-hybridized carbons (Fsp3) is 0.372. The van der Waals surface area contributed by atoms with Crippen LogP contribution in [0.4, 0.5) is 34.0 Å². The van der Waals surface area contributed by atoms with Crippen molar-refractivity contribution in [2.75, 3.05) is 37.7 Å². The number of hydrogen-bond donors (Lipinski definition) is 2. The number of pyridine rings is 1. The van der Waals surface area contributed by atoms with Crippen LogP contribution in [0.1, 0.15) is 63.5 Å². The van der Waals surface area contributed by atoms with Gasteiger partial charge in [0.25, 0.3) is 5.91 Å². The highest BCUT2D eigenvalue weighted by Crippen LogP contribution is 3.02. The molecule has 2 atom stereocenters. The van der Waals surface area contributed by atoms with Crippen LogP contribution < -0.4 is 9.64 Å². The number of fused-ring (bicyclic) bond motifs is 5. The lowest BCUT2D eigenvalue weighted by molar-refractivity contribution is -0.127. The molecule has 6 heterocycles. The molecule has 5 aromatic rings. The summed E-state index contributed by atoms with van der Waals surface area (Å²) in [4.78, 5) is 31.1. The molecule has 2 unspecified atom stereocenters. The summed E-state index contributed by atoms with van der Waals surface area (Å²) in [6.45, 7) is 6.46. The van der Waals surface area contributed by atoms with Gasteiger partial charge in [-0.1, -0.05) is 57.4 Å². The van der Waals surface area contributed by atoms with Crippen molar-refractivity contribution in [1.82, 2.24) is 24.8 Å². The Labute approximate surface area is 347 Å². The molecule has 0 spiro atoms. The SMILES string of the molecule is C#Cc1c(F)ccc2cc(O)cc(-c3ncc4c(N5CC6CCC(C5)N6C(=O)C(=N)c5ccc(S(F)(F)(F)(F)F)cc5)nc(OCC56CCCN5CCC6)nc4c3F)c12.CC. The number of benzene rings is 3. The molecule has 0 aliphatic carbocycles. The second-order valence-corrected chi connectivity index (χ2v) is 18.2. The van der Waals surface area contributed by atoms with Gasteiger partial charge in [-0.3, -0.25) is 20.1 Å². The Morgan fingerprint density at radius 3 is 2.26 bits per heavy atom. The van der Waals surface area contributed by atoms with Gasteiger partial charge in [0.1, 0.15) is 45.8 Å². The smallest absolute Gasteiger partial charge is 0.319 e. The van der Waals surface area contributed by atoms with E-state index in [-0.39, 0.29) is 93.6 Å². The van der Waals surface area contributed by atoms with E-state index in [1.54, 1.807) is 0 Å². The number of hydrogen-bond acceptors (Lipinski definition) is 9. The Morgan fingerprint density at radius 2 is 1.64 bits per heavy atom. The predicted octanol–water partition coefficient (Wildman–Crippen LogP) is 9.75. The number of halogens is 7. The fourth-order valence-corrected chi connectivity index (χ4v) is 10.1. The summed E-state index contributed by atoms with van der Waals surface area (Å²) in [5.74, 6) is -0.0362. The number of aromatic hydroxyl groups is 1. The first kappa shape index (κ1) is 42.0. The molecule has 61 heavy (non-hydrogen) atoms. The fourth-order valence-electron chi connectivity index (χ4n) is 9.47. The molecule has 4 aliphatic heterocycles. The molecular formula is C43H42F7N7O3S. The number of rotatable bonds is 8. The van der Waals surface area contributed by atoms with Crippen molar-refractivity contribution in [3.63, 3.8) is 0 Å². The summed E-state index contributed by atoms with van der Waals surface area (Å²) < 4.78 is 105. The highest BCUT2D eigenvalue weighted by molar-refractivity contribution is 8.45. The van der Waals surface area contributed by atoms with E-state index in [2.05, 4.69) is 20.8 Å². The topological polar surface area (TPSA) is 119 Å². The number of carbonyl (C=O) groups is 1. The van der Waals surface area contributed by atoms with E-state index in [1.165, 1.54) is 29.3 Å². The van der Waals surface area contributed by atoms with E-state index in [0.29, 0.717) is 30.4 Å². The number of ether oxygens (including phenoxy) is 1. The standard InChI is InChI=1S/C41H36F7N7O3S.C2H6/c1-2-29-32(42)12-7-24-17-27(56)18-30(33(24)29)36-34(43)37-31(19-50-36)38(52-40(51-37)58-22-41-13-3-15-54(41)16-4-14-41)53-20-25-8-9-26(21-53)55(25)39(57)35(49)23-5-10-28(11-6-23)59(44,45,46,47)48;1-2/h1,5-7,10-12,17-19,25-26,49,56H,3-4,8-9,13-16,20-22H2;1-2H3. The Hall–Kier alpha value is -5.67. The van der Waals surface area contributed by atoms with Crippen LogP contribution in [-0.4, -0.2) is 91.9 Å².